The number of nitriles is 1. The van der Waals surface area contributed by atoms with Gasteiger partial charge in [-0.25, -0.2) is 0 Å². The molecule has 0 heterocycles. The second kappa shape index (κ2) is 5.64. The first-order valence-electron chi connectivity index (χ1n) is 2.71. The molecule has 0 saturated carbocycles. The zero-order chi connectivity index (χ0) is 7.11. The molecule has 0 amide bonds. The van der Waals surface area contributed by atoms with Crippen LogP contribution in [0.1, 0.15) is 13.3 Å². The van der Waals surface area contributed by atoms with Gasteiger partial charge >= 0.3 is 0 Å². The Kier molecular flexibility index (Phi) is 5.34. The van der Waals surface area contributed by atoms with Crippen LogP contribution in [0, 0.1) is 11.3 Å². The van der Waals surface area contributed by atoms with Crippen molar-refractivity contribution in [3.05, 3.63) is 0 Å². The average Bonchev–Trinajstić information content (AvgIpc) is 1.80. The van der Waals surface area contributed by atoms with Crippen molar-refractivity contribution in [3.63, 3.8) is 0 Å². The molecule has 2 nitrogen and oxygen atoms in total. The van der Waals surface area contributed by atoms with Crippen LogP contribution in [0.5, 0.6) is 0 Å². The second-order valence-electron chi connectivity index (χ2n) is 1.66. The van der Waals surface area contributed by atoms with Crippen LogP contribution in [-0.4, -0.2) is 17.3 Å². The summed E-state index contributed by atoms with van der Waals surface area (Å²) in [5.41, 5.74) is 0. The van der Waals surface area contributed by atoms with Crippen molar-refractivity contribution in [2.24, 2.45) is 0 Å². The molecule has 0 aromatic carbocycles. The van der Waals surface area contributed by atoms with Crippen LogP contribution in [0.15, 0.2) is 0 Å². The molecule has 0 atom stereocenters. The minimum absolute atomic E-state index is 0.179. The molecular weight excluding hydrogens is 134 g/mol. The molecule has 0 radical (unpaired) electrons. The molecule has 50 valence electrons. The zero-order valence-corrected chi connectivity index (χ0v) is 6.20. The first-order valence-corrected chi connectivity index (χ1v) is 3.87. The van der Waals surface area contributed by atoms with Gasteiger partial charge < -0.3 is 0 Å². The van der Waals surface area contributed by atoms with Gasteiger partial charge in [-0.05, 0) is 6.92 Å². The van der Waals surface area contributed by atoms with E-state index in [0.29, 0.717) is 12.2 Å². The summed E-state index contributed by atoms with van der Waals surface area (Å²) in [6, 6.07) is 2.01. The lowest BCUT2D eigenvalue weighted by atomic mass is 10.5. The van der Waals surface area contributed by atoms with Gasteiger partial charge in [0.15, 0.2) is 0 Å². The van der Waals surface area contributed by atoms with E-state index in [1.165, 1.54) is 11.8 Å². The maximum Gasteiger partial charge on any atom is 0.139 e. The average molecular weight is 143 g/mol. The van der Waals surface area contributed by atoms with E-state index in [9.17, 15) is 4.79 Å². The van der Waals surface area contributed by atoms with Gasteiger partial charge in [-0.1, -0.05) is 0 Å². The van der Waals surface area contributed by atoms with Gasteiger partial charge in [0, 0.05) is 12.2 Å². The van der Waals surface area contributed by atoms with Crippen molar-refractivity contribution in [1.29, 1.82) is 5.26 Å². The van der Waals surface area contributed by atoms with Crippen LogP contribution >= 0.6 is 11.8 Å². The highest BCUT2D eigenvalue weighted by molar-refractivity contribution is 7.99. The summed E-state index contributed by atoms with van der Waals surface area (Å²) in [7, 11) is 0. The summed E-state index contributed by atoms with van der Waals surface area (Å²) >= 11 is 1.51. The van der Waals surface area contributed by atoms with Gasteiger partial charge in [-0.3, -0.25) is 4.79 Å². The van der Waals surface area contributed by atoms with Gasteiger partial charge in [-0.2, -0.15) is 17.0 Å². The predicted octanol–water partition coefficient (Wildman–Crippen LogP) is 1.22. The highest BCUT2D eigenvalue weighted by atomic mass is 32.2. The Bertz CT molecular complexity index is 128. The van der Waals surface area contributed by atoms with E-state index in [4.69, 9.17) is 5.26 Å². The van der Waals surface area contributed by atoms with Crippen LogP contribution in [0.2, 0.25) is 0 Å². The van der Waals surface area contributed by atoms with E-state index in [0.717, 1.165) is 5.75 Å². The summed E-state index contributed by atoms with van der Waals surface area (Å²) in [4.78, 5) is 10.3. The number of Topliss-reactive ketones (excluding diaryl/α,β-unsaturated/α-hetero) is 1. The normalized spacial score (nSPS) is 8.44. The second-order valence-corrected chi connectivity index (χ2v) is 2.77. The first kappa shape index (κ1) is 8.51. The van der Waals surface area contributed by atoms with Crippen molar-refractivity contribution in [1.82, 2.24) is 0 Å². The Morgan fingerprint density at radius 2 is 2.44 bits per heavy atom. The topological polar surface area (TPSA) is 40.9 Å². The lowest BCUT2D eigenvalue weighted by Gasteiger charge is -1.90. The van der Waals surface area contributed by atoms with E-state index in [2.05, 4.69) is 0 Å². The number of rotatable bonds is 4. The fourth-order valence-corrected chi connectivity index (χ4v) is 1.00. The largest absolute Gasteiger partial charge is 0.299 e. The maximum absolute atomic E-state index is 10.3. The van der Waals surface area contributed by atoms with E-state index >= 15 is 0 Å². The number of hydrogen-bond acceptors (Lipinski definition) is 3. The summed E-state index contributed by atoms with van der Waals surface area (Å²) in [5, 5.41) is 8.08. The summed E-state index contributed by atoms with van der Waals surface area (Å²) < 4.78 is 0. The van der Waals surface area contributed by atoms with Crippen LogP contribution in [0.25, 0.3) is 0 Å². The standard InChI is InChI=1S/C6H9NOS/c1-6(8)5-9-4-2-3-7/h2,4-5H2,1H3. The molecular formula is C6H9NOS. The Morgan fingerprint density at radius 3 is 2.89 bits per heavy atom. The van der Waals surface area contributed by atoms with E-state index in [-0.39, 0.29) is 5.78 Å². The molecule has 0 saturated heterocycles. The van der Waals surface area contributed by atoms with Crippen LogP contribution in [0.4, 0.5) is 0 Å². The van der Waals surface area contributed by atoms with Crippen molar-refractivity contribution < 1.29 is 4.79 Å². The summed E-state index contributed by atoms with van der Waals surface area (Å²) in [5.74, 6) is 1.50. The van der Waals surface area contributed by atoms with Crippen molar-refractivity contribution in [2.45, 2.75) is 13.3 Å². The molecule has 0 aliphatic carbocycles. The van der Waals surface area contributed by atoms with E-state index in [1.54, 1.807) is 6.92 Å². The van der Waals surface area contributed by atoms with Gasteiger partial charge in [0.2, 0.25) is 0 Å². The van der Waals surface area contributed by atoms with Crippen molar-refractivity contribution in [3.8, 4) is 6.07 Å². The Balaban J connectivity index is 2.94. The van der Waals surface area contributed by atoms with Crippen LogP contribution in [0.3, 0.4) is 0 Å². The lowest BCUT2D eigenvalue weighted by Crippen LogP contribution is -1.93. The molecule has 0 aromatic rings. The summed E-state index contributed by atoms with van der Waals surface area (Å²) in [6.07, 6.45) is 0.540. The SMILES string of the molecule is CC(=O)CSCCC#N. The van der Waals surface area contributed by atoms with Crippen molar-refractivity contribution in [2.75, 3.05) is 11.5 Å². The number of carbonyl (C=O) groups excluding carboxylic acids is 1. The molecule has 0 spiro atoms. The fraction of sp³-hybridized carbons (Fsp3) is 0.667. The molecule has 9 heavy (non-hydrogen) atoms. The van der Waals surface area contributed by atoms with Crippen LogP contribution < -0.4 is 0 Å². The van der Waals surface area contributed by atoms with Gasteiger partial charge in [0.05, 0.1) is 11.8 Å². The highest BCUT2D eigenvalue weighted by Gasteiger charge is 1.91. The minimum Gasteiger partial charge on any atom is -0.299 e. The number of carbonyl (C=O) groups is 1. The zero-order valence-electron chi connectivity index (χ0n) is 5.39. The molecule has 0 aromatic heterocycles. The molecule has 0 unspecified atom stereocenters. The molecule has 0 aliphatic rings. The molecule has 0 rings (SSSR count). The van der Waals surface area contributed by atoms with Gasteiger partial charge in [0.1, 0.15) is 5.78 Å². The first-order chi connectivity index (χ1) is 4.27. The summed E-state index contributed by atoms with van der Waals surface area (Å²) in [6.45, 7) is 1.55. The number of ketones is 1. The van der Waals surface area contributed by atoms with Crippen LogP contribution in [-0.2, 0) is 4.79 Å². The van der Waals surface area contributed by atoms with Gasteiger partial charge in [0.25, 0.3) is 0 Å². The molecule has 0 N–H and O–H groups in total. The fourth-order valence-electron chi connectivity index (χ4n) is 0.334. The monoisotopic (exact) mass is 143 g/mol. The maximum atomic E-state index is 10.3. The number of nitrogens with zero attached hydrogens (tertiary/aromatic N) is 1. The number of thioether (sulfide) groups is 1. The Morgan fingerprint density at radius 1 is 1.78 bits per heavy atom. The Hall–Kier alpha value is -0.490. The Labute approximate surface area is 59.2 Å². The quantitative estimate of drug-likeness (QED) is 0.555. The smallest absolute Gasteiger partial charge is 0.139 e. The minimum atomic E-state index is 0.179. The van der Waals surface area contributed by atoms with Crippen molar-refractivity contribution >= 4 is 17.5 Å². The lowest BCUT2D eigenvalue weighted by molar-refractivity contribution is -0.114. The molecule has 0 aliphatic heterocycles. The molecule has 3 heteroatoms. The molecule has 0 bridgehead atoms. The third-order valence-electron chi connectivity index (χ3n) is 0.664. The highest BCUT2D eigenvalue weighted by Crippen LogP contribution is 2.00. The molecule has 0 fully saturated rings. The third-order valence-corrected chi connectivity index (χ3v) is 1.77. The third kappa shape index (κ3) is 7.51. The number of hydrogen-bond donors (Lipinski definition) is 0. The van der Waals surface area contributed by atoms with E-state index in [1.807, 2.05) is 6.07 Å². The van der Waals surface area contributed by atoms with E-state index < -0.39 is 0 Å². The predicted molar refractivity (Wildman–Crippen MR) is 38.2 cm³/mol. The van der Waals surface area contributed by atoms with Gasteiger partial charge in [-0.15, -0.1) is 0 Å².